The Morgan fingerprint density at radius 3 is 2.71 bits per heavy atom. The standard InChI is InChI=1S/C16H21NO4/c1-11-9-13(7-8-21-11)15(18)17-10-14(16(19)20)12-5-3-2-4-6-12/h2-6,11,13-14H,7-10H2,1H3,(H,17,18)(H,19,20). The number of benzene rings is 1. The molecule has 5 heteroatoms. The van der Waals surface area contributed by atoms with E-state index in [-0.39, 0.29) is 24.5 Å². The van der Waals surface area contributed by atoms with Crippen LogP contribution < -0.4 is 5.32 Å². The molecular weight excluding hydrogens is 270 g/mol. The van der Waals surface area contributed by atoms with Gasteiger partial charge in [0.2, 0.25) is 5.91 Å². The lowest BCUT2D eigenvalue weighted by molar-refractivity contribution is -0.139. The predicted octanol–water partition coefficient (Wildman–Crippen LogP) is 1.79. The fourth-order valence-electron chi connectivity index (χ4n) is 2.62. The first-order valence-electron chi connectivity index (χ1n) is 7.25. The van der Waals surface area contributed by atoms with Gasteiger partial charge in [0.1, 0.15) is 0 Å². The molecule has 3 atom stereocenters. The largest absolute Gasteiger partial charge is 0.481 e. The Morgan fingerprint density at radius 2 is 2.10 bits per heavy atom. The van der Waals surface area contributed by atoms with Crippen LogP contribution >= 0.6 is 0 Å². The van der Waals surface area contributed by atoms with E-state index in [1.165, 1.54) is 0 Å². The molecule has 1 aromatic carbocycles. The lowest BCUT2D eigenvalue weighted by Gasteiger charge is -2.26. The van der Waals surface area contributed by atoms with E-state index >= 15 is 0 Å². The van der Waals surface area contributed by atoms with Crippen LogP contribution in [0.4, 0.5) is 0 Å². The smallest absolute Gasteiger partial charge is 0.312 e. The van der Waals surface area contributed by atoms with Gasteiger partial charge in [-0.15, -0.1) is 0 Å². The van der Waals surface area contributed by atoms with Crippen molar-refractivity contribution < 1.29 is 19.4 Å². The van der Waals surface area contributed by atoms with Crippen LogP contribution in [0.1, 0.15) is 31.2 Å². The molecule has 1 fully saturated rings. The van der Waals surface area contributed by atoms with Gasteiger partial charge in [-0.1, -0.05) is 30.3 Å². The molecule has 2 rings (SSSR count). The van der Waals surface area contributed by atoms with Crippen LogP contribution in [0.15, 0.2) is 30.3 Å². The highest BCUT2D eigenvalue weighted by molar-refractivity contribution is 5.81. The van der Waals surface area contributed by atoms with Crippen LogP contribution in [0.3, 0.4) is 0 Å². The van der Waals surface area contributed by atoms with Gasteiger partial charge in [0.25, 0.3) is 0 Å². The highest BCUT2D eigenvalue weighted by Gasteiger charge is 2.27. The van der Waals surface area contributed by atoms with Gasteiger partial charge in [0.05, 0.1) is 12.0 Å². The summed E-state index contributed by atoms with van der Waals surface area (Å²) < 4.78 is 5.42. The maximum Gasteiger partial charge on any atom is 0.312 e. The molecule has 1 aliphatic heterocycles. The van der Waals surface area contributed by atoms with Gasteiger partial charge < -0.3 is 15.2 Å². The van der Waals surface area contributed by atoms with E-state index in [1.807, 2.05) is 13.0 Å². The van der Waals surface area contributed by atoms with Crippen molar-refractivity contribution in [3.63, 3.8) is 0 Å². The summed E-state index contributed by atoms with van der Waals surface area (Å²) in [6, 6.07) is 8.97. The van der Waals surface area contributed by atoms with E-state index in [9.17, 15) is 14.7 Å². The lowest BCUT2D eigenvalue weighted by Crippen LogP contribution is -2.39. The summed E-state index contributed by atoms with van der Waals surface area (Å²) >= 11 is 0. The number of carbonyl (C=O) groups is 2. The molecular formula is C16H21NO4. The average Bonchev–Trinajstić information content (AvgIpc) is 2.48. The second-order valence-electron chi connectivity index (χ2n) is 5.45. The van der Waals surface area contributed by atoms with Crippen LogP contribution in [0.2, 0.25) is 0 Å². The minimum absolute atomic E-state index is 0.0765. The molecule has 0 radical (unpaired) electrons. The van der Waals surface area contributed by atoms with Crippen molar-refractivity contribution in [1.82, 2.24) is 5.32 Å². The Hall–Kier alpha value is -1.88. The van der Waals surface area contributed by atoms with Crippen molar-refractivity contribution in [3.8, 4) is 0 Å². The summed E-state index contributed by atoms with van der Waals surface area (Å²) in [6.07, 6.45) is 1.47. The van der Waals surface area contributed by atoms with Crippen molar-refractivity contribution in [3.05, 3.63) is 35.9 Å². The lowest BCUT2D eigenvalue weighted by atomic mass is 9.94. The molecule has 1 heterocycles. The number of aliphatic carboxylic acids is 1. The minimum atomic E-state index is -0.929. The van der Waals surface area contributed by atoms with E-state index in [4.69, 9.17) is 4.74 Å². The number of carbonyl (C=O) groups excluding carboxylic acids is 1. The minimum Gasteiger partial charge on any atom is -0.481 e. The third-order valence-electron chi connectivity index (χ3n) is 3.84. The van der Waals surface area contributed by atoms with Crippen LogP contribution in [-0.2, 0) is 14.3 Å². The molecule has 2 N–H and O–H groups in total. The quantitative estimate of drug-likeness (QED) is 0.867. The highest BCUT2D eigenvalue weighted by Crippen LogP contribution is 2.21. The van der Waals surface area contributed by atoms with E-state index < -0.39 is 11.9 Å². The molecule has 0 aliphatic carbocycles. The number of carboxylic acids is 1. The van der Waals surface area contributed by atoms with Gasteiger partial charge in [-0.25, -0.2) is 0 Å². The van der Waals surface area contributed by atoms with Gasteiger partial charge in [0.15, 0.2) is 0 Å². The monoisotopic (exact) mass is 291 g/mol. The third kappa shape index (κ3) is 4.29. The molecule has 5 nitrogen and oxygen atoms in total. The van der Waals surface area contributed by atoms with Crippen LogP contribution in [0, 0.1) is 5.92 Å². The van der Waals surface area contributed by atoms with Crippen molar-refractivity contribution in [1.29, 1.82) is 0 Å². The van der Waals surface area contributed by atoms with Crippen LogP contribution in [-0.4, -0.2) is 36.2 Å². The van der Waals surface area contributed by atoms with Gasteiger partial charge in [0, 0.05) is 19.1 Å². The predicted molar refractivity (Wildman–Crippen MR) is 78.0 cm³/mol. The second-order valence-corrected chi connectivity index (χ2v) is 5.45. The van der Waals surface area contributed by atoms with E-state index in [2.05, 4.69) is 5.32 Å². The summed E-state index contributed by atoms with van der Waals surface area (Å²) in [7, 11) is 0. The first-order chi connectivity index (χ1) is 10.1. The molecule has 1 amide bonds. The normalized spacial score (nSPS) is 23.3. The summed E-state index contributed by atoms with van der Waals surface area (Å²) in [5.41, 5.74) is 0.700. The van der Waals surface area contributed by atoms with Gasteiger partial charge in [-0.3, -0.25) is 9.59 Å². The fraction of sp³-hybridized carbons (Fsp3) is 0.500. The highest BCUT2D eigenvalue weighted by atomic mass is 16.5. The van der Waals surface area contributed by atoms with Crippen molar-refractivity contribution in [2.24, 2.45) is 5.92 Å². The number of carboxylic acid groups (broad SMARTS) is 1. The SMILES string of the molecule is CC1CC(C(=O)NCC(C(=O)O)c2ccccc2)CCO1. The molecule has 3 unspecified atom stereocenters. The maximum absolute atomic E-state index is 12.1. The Bertz CT molecular complexity index is 488. The number of amides is 1. The Balaban J connectivity index is 1.93. The number of ether oxygens (including phenoxy) is 1. The molecule has 0 bridgehead atoms. The zero-order valence-corrected chi connectivity index (χ0v) is 12.1. The molecule has 0 spiro atoms. The fourth-order valence-corrected chi connectivity index (χ4v) is 2.62. The zero-order chi connectivity index (χ0) is 15.2. The number of hydrogen-bond acceptors (Lipinski definition) is 3. The van der Waals surface area contributed by atoms with E-state index in [0.717, 1.165) is 0 Å². The molecule has 1 saturated heterocycles. The summed E-state index contributed by atoms with van der Waals surface area (Å²) in [4.78, 5) is 23.5. The number of rotatable bonds is 5. The topological polar surface area (TPSA) is 75.6 Å². The number of hydrogen-bond donors (Lipinski definition) is 2. The van der Waals surface area contributed by atoms with Gasteiger partial charge >= 0.3 is 5.97 Å². The van der Waals surface area contributed by atoms with E-state index in [0.29, 0.717) is 25.0 Å². The third-order valence-corrected chi connectivity index (χ3v) is 3.84. The van der Waals surface area contributed by atoms with Crippen molar-refractivity contribution in [2.45, 2.75) is 31.8 Å². The molecule has 21 heavy (non-hydrogen) atoms. The zero-order valence-electron chi connectivity index (χ0n) is 12.1. The average molecular weight is 291 g/mol. The molecule has 114 valence electrons. The van der Waals surface area contributed by atoms with Crippen LogP contribution in [0.25, 0.3) is 0 Å². The Kier molecular flexibility index (Phi) is 5.33. The number of nitrogens with one attached hydrogen (secondary N) is 1. The van der Waals surface area contributed by atoms with Crippen molar-refractivity contribution >= 4 is 11.9 Å². The second kappa shape index (κ2) is 7.22. The maximum atomic E-state index is 12.1. The van der Waals surface area contributed by atoms with E-state index in [1.54, 1.807) is 24.3 Å². The summed E-state index contributed by atoms with van der Waals surface area (Å²) in [6.45, 7) is 2.65. The first kappa shape index (κ1) is 15.5. The summed E-state index contributed by atoms with van der Waals surface area (Å²) in [5, 5.41) is 12.1. The molecule has 0 aromatic heterocycles. The Labute approximate surface area is 124 Å². The molecule has 0 saturated carbocycles. The van der Waals surface area contributed by atoms with Gasteiger partial charge in [-0.05, 0) is 25.3 Å². The van der Waals surface area contributed by atoms with Crippen molar-refractivity contribution in [2.75, 3.05) is 13.2 Å². The first-order valence-corrected chi connectivity index (χ1v) is 7.25. The molecule has 1 aliphatic rings. The molecule has 1 aromatic rings. The Morgan fingerprint density at radius 1 is 1.38 bits per heavy atom. The van der Waals surface area contributed by atoms with Crippen LogP contribution in [0.5, 0.6) is 0 Å². The summed E-state index contributed by atoms with van der Waals surface area (Å²) in [5.74, 6) is -1.81. The van der Waals surface area contributed by atoms with Gasteiger partial charge in [-0.2, -0.15) is 0 Å².